The molecule has 1 unspecified atom stereocenters. The molecule has 0 amide bonds. The van der Waals surface area contributed by atoms with Crippen LogP contribution in [-0.4, -0.2) is 67.8 Å². The Kier molecular flexibility index (Phi) is 8.52. The molecule has 1 aliphatic heterocycles. The number of likely N-dealkylation sites (tertiary alicyclic amines) is 1. The third kappa shape index (κ3) is 5.82. The first-order chi connectivity index (χ1) is 18.7. The van der Waals surface area contributed by atoms with Crippen molar-refractivity contribution in [3.63, 3.8) is 0 Å². The van der Waals surface area contributed by atoms with Crippen molar-refractivity contribution in [1.29, 1.82) is 0 Å². The molecule has 3 aromatic rings. The predicted octanol–water partition coefficient (Wildman–Crippen LogP) is 4.20. The number of fused-ring (bicyclic) bond motifs is 1. The summed E-state index contributed by atoms with van der Waals surface area (Å²) in [7, 11) is 1.79. The third-order valence-electron chi connectivity index (χ3n) is 9.05. The van der Waals surface area contributed by atoms with Crippen LogP contribution in [0, 0.1) is 11.7 Å². The van der Waals surface area contributed by atoms with Crippen molar-refractivity contribution < 1.29 is 9.50 Å². The van der Waals surface area contributed by atoms with Crippen molar-refractivity contribution >= 4 is 11.0 Å². The molecule has 2 aromatic heterocycles. The Morgan fingerprint density at radius 2 is 1.82 bits per heavy atom. The van der Waals surface area contributed by atoms with Crippen molar-refractivity contribution in [2.24, 2.45) is 11.7 Å². The molecule has 1 saturated carbocycles. The lowest BCUT2D eigenvalue weighted by Gasteiger charge is -2.34. The third-order valence-corrected chi connectivity index (χ3v) is 9.05. The summed E-state index contributed by atoms with van der Waals surface area (Å²) in [6, 6.07) is 6.61. The molecule has 8 nitrogen and oxygen atoms in total. The number of nitrogens with two attached hydrogens (primary N) is 1. The molecule has 2 aliphatic rings. The first-order valence-corrected chi connectivity index (χ1v) is 14.5. The number of benzene rings is 1. The molecular formula is C30H43FN6O2. The molecule has 0 radical (unpaired) electrons. The van der Waals surface area contributed by atoms with Crippen LogP contribution in [0.2, 0.25) is 0 Å². The molecule has 9 heteroatoms. The van der Waals surface area contributed by atoms with E-state index in [9.17, 15) is 14.3 Å². The van der Waals surface area contributed by atoms with E-state index in [1.165, 1.54) is 31.4 Å². The van der Waals surface area contributed by atoms with Gasteiger partial charge in [0.05, 0.1) is 22.9 Å². The highest BCUT2D eigenvalue weighted by atomic mass is 19.1. The van der Waals surface area contributed by atoms with E-state index >= 15 is 0 Å². The smallest absolute Gasteiger partial charge is 0.334 e. The molecule has 39 heavy (non-hydrogen) atoms. The van der Waals surface area contributed by atoms with E-state index in [0.29, 0.717) is 22.8 Å². The van der Waals surface area contributed by atoms with Crippen LogP contribution in [0.25, 0.3) is 16.7 Å². The summed E-state index contributed by atoms with van der Waals surface area (Å²) in [6.45, 7) is 6.94. The number of hydrogen-bond acceptors (Lipinski definition) is 6. The van der Waals surface area contributed by atoms with Crippen LogP contribution in [0.15, 0.2) is 41.5 Å². The van der Waals surface area contributed by atoms with Gasteiger partial charge in [-0.3, -0.25) is 19.0 Å². The summed E-state index contributed by atoms with van der Waals surface area (Å²) in [5.74, 6) is 0.328. The largest absolute Gasteiger partial charge is 0.374 e. The van der Waals surface area contributed by atoms with E-state index in [1.54, 1.807) is 35.0 Å². The zero-order valence-electron chi connectivity index (χ0n) is 23.5. The first-order valence-electron chi connectivity index (χ1n) is 14.5. The van der Waals surface area contributed by atoms with Gasteiger partial charge < -0.3 is 15.7 Å². The van der Waals surface area contributed by atoms with Crippen LogP contribution in [0.4, 0.5) is 4.39 Å². The topological polar surface area (TPSA) is 92.5 Å². The van der Waals surface area contributed by atoms with Crippen LogP contribution in [0.5, 0.6) is 0 Å². The van der Waals surface area contributed by atoms with E-state index in [1.807, 2.05) is 24.5 Å². The molecule has 1 aliphatic carbocycles. The molecule has 0 spiro atoms. The lowest BCUT2D eigenvalue weighted by atomic mass is 9.84. The fraction of sp³-hybridized carbons (Fsp3) is 0.600. The number of aliphatic hydroxyl groups excluding tert-OH is 1. The van der Waals surface area contributed by atoms with Gasteiger partial charge in [-0.2, -0.15) is 0 Å². The average molecular weight is 539 g/mol. The summed E-state index contributed by atoms with van der Waals surface area (Å²) < 4.78 is 17.9. The number of aliphatic hydroxyl groups is 1. The Bertz CT molecular complexity index is 1320. The Labute approximate surface area is 230 Å². The molecule has 1 aromatic carbocycles. The Hall–Kier alpha value is -2.59. The predicted molar refractivity (Wildman–Crippen MR) is 152 cm³/mol. The van der Waals surface area contributed by atoms with Gasteiger partial charge in [0.25, 0.3) is 0 Å². The Morgan fingerprint density at radius 1 is 1.10 bits per heavy atom. The number of imidazole rings is 1. The van der Waals surface area contributed by atoms with Crippen LogP contribution in [0.1, 0.15) is 76.6 Å². The van der Waals surface area contributed by atoms with E-state index in [0.717, 1.165) is 56.8 Å². The highest BCUT2D eigenvalue weighted by Gasteiger charge is 2.29. The zero-order chi connectivity index (χ0) is 27.7. The van der Waals surface area contributed by atoms with Gasteiger partial charge in [-0.15, -0.1) is 0 Å². The van der Waals surface area contributed by atoms with Gasteiger partial charge in [-0.05, 0) is 103 Å². The number of pyridine rings is 1. The van der Waals surface area contributed by atoms with Gasteiger partial charge in [0.1, 0.15) is 12.0 Å². The molecule has 3 heterocycles. The monoisotopic (exact) mass is 538 g/mol. The minimum absolute atomic E-state index is 0.0247. The number of aromatic nitrogens is 3. The summed E-state index contributed by atoms with van der Waals surface area (Å²) >= 11 is 0. The second-order valence-corrected chi connectivity index (χ2v) is 11.8. The van der Waals surface area contributed by atoms with Crippen molar-refractivity contribution in [2.45, 2.75) is 83.1 Å². The zero-order valence-corrected chi connectivity index (χ0v) is 23.5. The number of halogens is 1. The van der Waals surface area contributed by atoms with Crippen LogP contribution in [0.3, 0.4) is 0 Å². The van der Waals surface area contributed by atoms with E-state index in [4.69, 9.17) is 5.73 Å². The average Bonchev–Trinajstić information content (AvgIpc) is 3.23. The fourth-order valence-electron chi connectivity index (χ4n) is 6.34. The van der Waals surface area contributed by atoms with Crippen LogP contribution in [-0.2, 0) is 0 Å². The van der Waals surface area contributed by atoms with E-state index in [-0.39, 0.29) is 17.8 Å². The van der Waals surface area contributed by atoms with Gasteiger partial charge in [-0.25, -0.2) is 9.18 Å². The summed E-state index contributed by atoms with van der Waals surface area (Å²) in [5, 5.41) is 11.1. The maximum atomic E-state index is 14.4. The van der Waals surface area contributed by atoms with Crippen molar-refractivity contribution in [1.82, 2.24) is 23.9 Å². The lowest BCUT2D eigenvalue weighted by Crippen LogP contribution is -2.39. The molecule has 3 N–H and O–H groups in total. The Morgan fingerprint density at radius 3 is 2.51 bits per heavy atom. The highest BCUT2D eigenvalue weighted by molar-refractivity contribution is 5.77. The van der Waals surface area contributed by atoms with Gasteiger partial charge in [0.15, 0.2) is 0 Å². The van der Waals surface area contributed by atoms with E-state index in [2.05, 4.69) is 9.88 Å². The molecule has 212 valence electrons. The molecular weight excluding hydrogens is 495 g/mol. The van der Waals surface area contributed by atoms with Gasteiger partial charge in [0.2, 0.25) is 0 Å². The SMILES string of the molecule is CC(C)N(C)C(O)c1cc(F)ccc1-n1c(=O)n(C2CCN(CC[C@H]3CC[C@H](N)CC3)CC2)c2ccncc21. The van der Waals surface area contributed by atoms with Gasteiger partial charge >= 0.3 is 5.69 Å². The second kappa shape index (κ2) is 11.9. The van der Waals surface area contributed by atoms with Crippen molar-refractivity contribution in [3.05, 3.63) is 58.5 Å². The molecule has 2 fully saturated rings. The summed E-state index contributed by atoms with van der Waals surface area (Å²) in [4.78, 5) is 22.7. The van der Waals surface area contributed by atoms with Crippen molar-refractivity contribution in [3.8, 4) is 5.69 Å². The fourth-order valence-corrected chi connectivity index (χ4v) is 6.34. The number of nitrogens with zero attached hydrogens (tertiary/aromatic N) is 5. The lowest BCUT2D eigenvalue weighted by molar-refractivity contribution is 0.000831. The van der Waals surface area contributed by atoms with Crippen LogP contribution < -0.4 is 11.4 Å². The number of piperidine rings is 1. The van der Waals surface area contributed by atoms with Crippen molar-refractivity contribution in [2.75, 3.05) is 26.7 Å². The maximum Gasteiger partial charge on any atom is 0.334 e. The molecule has 1 atom stereocenters. The normalized spacial score (nSPS) is 22.3. The first kappa shape index (κ1) is 28.0. The second-order valence-electron chi connectivity index (χ2n) is 11.8. The van der Waals surface area contributed by atoms with Crippen LogP contribution >= 0.6 is 0 Å². The maximum absolute atomic E-state index is 14.4. The molecule has 1 saturated heterocycles. The van der Waals surface area contributed by atoms with Gasteiger partial charge in [0, 0.05) is 43.0 Å². The minimum atomic E-state index is -1.07. The molecule has 5 rings (SSSR count). The van der Waals surface area contributed by atoms with E-state index < -0.39 is 12.0 Å². The highest BCUT2D eigenvalue weighted by Crippen LogP contribution is 2.31. The van der Waals surface area contributed by atoms with Gasteiger partial charge in [-0.1, -0.05) is 0 Å². The summed E-state index contributed by atoms with van der Waals surface area (Å²) in [5.41, 5.74) is 8.20. The Balaban J connectivity index is 1.40. The quantitative estimate of drug-likeness (QED) is 0.418. The molecule has 0 bridgehead atoms. The standard InChI is InChI=1S/C30H43FN6O2/c1-20(2)34(3)29(38)25-18-22(31)6-9-26(25)37-28-19-33-14-10-27(28)36(30(37)39)24-12-16-35(17-13-24)15-11-21-4-7-23(32)8-5-21/h6,9-10,14,18-21,23-24,29,38H,4-5,7-8,11-13,15-17,32H2,1-3H3/t21-,23-,29?. The summed E-state index contributed by atoms with van der Waals surface area (Å²) in [6.07, 6.45) is 10.1. The number of rotatable bonds is 8. The number of hydrogen-bond donors (Lipinski definition) is 2. The minimum Gasteiger partial charge on any atom is -0.374 e.